The minimum Gasteiger partial charge on any atom is -0.493 e. The standard InChI is InChI=1S/C19H14N2O6S/c1-25-15-9-5-6-12-10-14(19(22)26-17(12)15)18-20-16(21-27-18)11-28(23,24)13-7-3-2-4-8-13/h2-10H,11H2,1H3. The van der Waals surface area contributed by atoms with E-state index >= 15 is 0 Å². The maximum atomic E-state index is 12.4. The highest BCUT2D eigenvalue weighted by atomic mass is 32.2. The van der Waals surface area contributed by atoms with Gasteiger partial charge in [0.1, 0.15) is 11.3 Å². The van der Waals surface area contributed by atoms with E-state index < -0.39 is 21.2 Å². The number of para-hydroxylation sites is 1. The molecule has 2 aromatic heterocycles. The molecular weight excluding hydrogens is 384 g/mol. The van der Waals surface area contributed by atoms with E-state index in [0.717, 1.165) is 0 Å². The quantitative estimate of drug-likeness (QED) is 0.472. The second-order valence-corrected chi connectivity index (χ2v) is 7.90. The Morgan fingerprint density at radius 1 is 1.07 bits per heavy atom. The van der Waals surface area contributed by atoms with Crippen LogP contribution in [0.4, 0.5) is 0 Å². The van der Waals surface area contributed by atoms with E-state index in [2.05, 4.69) is 10.1 Å². The number of fused-ring (bicyclic) bond motifs is 1. The lowest BCUT2D eigenvalue weighted by atomic mass is 10.2. The molecule has 0 unspecified atom stereocenters. The SMILES string of the molecule is COc1cccc2cc(-c3nc(CS(=O)(=O)c4ccccc4)no3)c(=O)oc12. The van der Waals surface area contributed by atoms with Crippen molar-refractivity contribution in [3.63, 3.8) is 0 Å². The van der Waals surface area contributed by atoms with E-state index in [1.54, 1.807) is 36.4 Å². The number of hydrogen-bond donors (Lipinski definition) is 0. The molecule has 0 spiro atoms. The van der Waals surface area contributed by atoms with Gasteiger partial charge in [0, 0.05) is 5.39 Å². The van der Waals surface area contributed by atoms with E-state index in [0.29, 0.717) is 16.7 Å². The maximum Gasteiger partial charge on any atom is 0.349 e. The molecule has 0 saturated carbocycles. The van der Waals surface area contributed by atoms with Crippen molar-refractivity contribution < 1.29 is 22.1 Å². The molecular formula is C19H14N2O6S. The molecule has 0 aliphatic heterocycles. The third-order valence-corrected chi connectivity index (χ3v) is 5.69. The molecule has 0 N–H and O–H groups in total. The van der Waals surface area contributed by atoms with Gasteiger partial charge >= 0.3 is 5.63 Å². The predicted octanol–water partition coefficient (Wildman–Crippen LogP) is 2.83. The highest BCUT2D eigenvalue weighted by Gasteiger charge is 2.21. The predicted molar refractivity (Wildman–Crippen MR) is 99.7 cm³/mol. The number of ether oxygens (including phenoxy) is 1. The van der Waals surface area contributed by atoms with Crippen LogP contribution in [0.25, 0.3) is 22.4 Å². The number of sulfone groups is 1. The lowest BCUT2D eigenvalue weighted by Gasteiger charge is -2.03. The van der Waals surface area contributed by atoms with Gasteiger partial charge in [-0.15, -0.1) is 0 Å². The van der Waals surface area contributed by atoms with Crippen LogP contribution in [-0.4, -0.2) is 25.7 Å². The second kappa shape index (κ2) is 6.93. The van der Waals surface area contributed by atoms with Crippen molar-refractivity contribution >= 4 is 20.8 Å². The largest absolute Gasteiger partial charge is 0.493 e. The summed E-state index contributed by atoms with van der Waals surface area (Å²) in [7, 11) is -2.17. The number of aromatic nitrogens is 2. The highest BCUT2D eigenvalue weighted by molar-refractivity contribution is 7.90. The summed E-state index contributed by atoms with van der Waals surface area (Å²) in [6, 6.07) is 14.6. The molecule has 142 valence electrons. The molecule has 0 aliphatic carbocycles. The van der Waals surface area contributed by atoms with Gasteiger partial charge in [-0.05, 0) is 24.3 Å². The maximum absolute atomic E-state index is 12.4. The van der Waals surface area contributed by atoms with Crippen molar-refractivity contribution in [2.24, 2.45) is 0 Å². The molecule has 0 fully saturated rings. The molecule has 0 atom stereocenters. The molecule has 2 aromatic carbocycles. The van der Waals surface area contributed by atoms with Crippen molar-refractivity contribution in [1.29, 1.82) is 0 Å². The smallest absolute Gasteiger partial charge is 0.349 e. The number of benzene rings is 2. The van der Waals surface area contributed by atoms with Gasteiger partial charge in [0.15, 0.2) is 27.0 Å². The summed E-state index contributed by atoms with van der Waals surface area (Å²) < 4.78 is 40.5. The van der Waals surface area contributed by atoms with Crippen LogP contribution < -0.4 is 10.4 Å². The summed E-state index contributed by atoms with van der Waals surface area (Å²) in [6.07, 6.45) is 0. The zero-order valence-electron chi connectivity index (χ0n) is 14.7. The summed E-state index contributed by atoms with van der Waals surface area (Å²) in [5, 5.41) is 4.29. The summed E-state index contributed by atoms with van der Waals surface area (Å²) in [4.78, 5) is 16.6. The van der Waals surface area contributed by atoms with Crippen LogP contribution in [-0.2, 0) is 15.6 Å². The van der Waals surface area contributed by atoms with Gasteiger partial charge in [-0.3, -0.25) is 0 Å². The van der Waals surface area contributed by atoms with Crippen LogP contribution in [0.3, 0.4) is 0 Å². The second-order valence-electron chi connectivity index (χ2n) is 5.91. The number of nitrogens with zero attached hydrogens (tertiary/aromatic N) is 2. The van der Waals surface area contributed by atoms with E-state index in [9.17, 15) is 13.2 Å². The Hall–Kier alpha value is -3.46. The topological polar surface area (TPSA) is 113 Å². The van der Waals surface area contributed by atoms with Crippen molar-refractivity contribution in [3.8, 4) is 17.2 Å². The van der Waals surface area contributed by atoms with E-state index in [4.69, 9.17) is 13.7 Å². The van der Waals surface area contributed by atoms with Gasteiger partial charge in [0.2, 0.25) is 0 Å². The Bertz CT molecular complexity index is 1310. The van der Waals surface area contributed by atoms with Crippen LogP contribution in [0, 0.1) is 0 Å². The average Bonchev–Trinajstić information content (AvgIpc) is 3.15. The molecule has 0 bridgehead atoms. The minimum atomic E-state index is -3.64. The molecule has 4 rings (SSSR count). The fourth-order valence-electron chi connectivity index (χ4n) is 2.73. The van der Waals surface area contributed by atoms with E-state index in [-0.39, 0.29) is 22.2 Å². The lowest BCUT2D eigenvalue weighted by molar-refractivity contribution is 0.405. The van der Waals surface area contributed by atoms with Crippen LogP contribution in [0.2, 0.25) is 0 Å². The Morgan fingerprint density at radius 2 is 1.86 bits per heavy atom. The monoisotopic (exact) mass is 398 g/mol. The van der Waals surface area contributed by atoms with Crippen molar-refractivity contribution in [2.45, 2.75) is 10.6 Å². The zero-order valence-corrected chi connectivity index (χ0v) is 15.5. The third kappa shape index (κ3) is 3.27. The Labute approximate surface area is 159 Å². The first-order chi connectivity index (χ1) is 13.5. The first-order valence-electron chi connectivity index (χ1n) is 8.19. The molecule has 2 heterocycles. The van der Waals surface area contributed by atoms with Gasteiger partial charge in [0.05, 0.1) is 12.0 Å². The van der Waals surface area contributed by atoms with E-state index in [1.807, 2.05) is 0 Å². The van der Waals surface area contributed by atoms with Crippen LogP contribution in [0.1, 0.15) is 5.82 Å². The van der Waals surface area contributed by atoms with Crippen LogP contribution in [0.5, 0.6) is 5.75 Å². The summed E-state index contributed by atoms with van der Waals surface area (Å²) in [5.41, 5.74) is -0.361. The van der Waals surface area contributed by atoms with Crippen molar-refractivity contribution in [2.75, 3.05) is 7.11 Å². The fraction of sp³-hybridized carbons (Fsp3) is 0.105. The van der Waals surface area contributed by atoms with E-state index in [1.165, 1.54) is 25.3 Å². The summed E-state index contributed by atoms with van der Waals surface area (Å²) in [6.45, 7) is 0. The minimum absolute atomic E-state index is 0.0385. The normalized spacial score (nSPS) is 11.6. The molecule has 4 aromatic rings. The first-order valence-corrected chi connectivity index (χ1v) is 9.85. The molecule has 0 amide bonds. The molecule has 9 heteroatoms. The number of methoxy groups -OCH3 is 1. The fourth-order valence-corrected chi connectivity index (χ4v) is 3.93. The molecule has 8 nitrogen and oxygen atoms in total. The molecule has 28 heavy (non-hydrogen) atoms. The van der Waals surface area contributed by atoms with Gasteiger partial charge in [-0.2, -0.15) is 4.98 Å². The van der Waals surface area contributed by atoms with Crippen molar-refractivity contribution in [3.05, 3.63) is 70.8 Å². The average molecular weight is 398 g/mol. The zero-order chi connectivity index (χ0) is 19.7. The molecule has 0 saturated heterocycles. The number of hydrogen-bond acceptors (Lipinski definition) is 8. The van der Waals surface area contributed by atoms with Crippen LogP contribution in [0.15, 0.2) is 73.2 Å². The summed E-state index contributed by atoms with van der Waals surface area (Å²) >= 11 is 0. The Balaban J connectivity index is 1.70. The van der Waals surface area contributed by atoms with Crippen LogP contribution >= 0.6 is 0 Å². The van der Waals surface area contributed by atoms with Gasteiger partial charge in [-0.1, -0.05) is 35.5 Å². The van der Waals surface area contributed by atoms with Gasteiger partial charge in [0.25, 0.3) is 5.89 Å². The third-order valence-electron chi connectivity index (χ3n) is 4.06. The molecule has 0 aliphatic rings. The van der Waals surface area contributed by atoms with Crippen molar-refractivity contribution in [1.82, 2.24) is 10.1 Å². The Kier molecular flexibility index (Phi) is 4.44. The first kappa shape index (κ1) is 17.9. The lowest BCUT2D eigenvalue weighted by Crippen LogP contribution is -2.06. The van der Waals surface area contributed by atoms with Gasteiger partial charge < -0.3 is 13.7 Å². The summed E-state index contributed by atoms with van der Waals surface area (Å²) in [5.74, 6) is -0.199. The van der Waals surface area contributed by atoms with Gasteiger partial charge in [-0.25, -0.2) is 13.2 Å². The number of rotatable bonds is 5. The highest BCUT2D eigenvalue weighted by Crippen LogP contribution is 2.27. The molecule has 0 radical (unpaired) electrons. The Morgan fingerprint density at radius 3 is 2.61 bits per heavy atom.